The summed E-state index contributed by atoms with van der Waals surface area (Å²) in [5, 5.41) is 2.37. The minimum atomic E-state index is -0.646. The highest BCUT2D eigenvalue weighted by Crippen LogP contribution is 2.12. The fourth-order valence-corrected chi connectivity index (χ4v) is 1.12. The standard InChI is InChI=1S/C7H11NO4/c1-3-4-5(6(9)11-2)8-7(10)12-4/h4-5H,3H2,1-2H3,(H,8,10)/t4-,5-/m0/s1. The molecule has 0 bridgehead atoms. The summed E-state index contributed by atoms with van der Waals surface area (Å²) >= 11 is 0. The van der Waals surface area contributed by atoms with Crippen LogP contribution in [0.5, 0.6) is 0 Å². The van der Waals surface area contributed by atoms with Gasteiger partial charge in [-0.05, 0) is 6.42 Å². The van der Waals surface area contributed by atoms with Crippen molar-refractivity contribution < 1.29 is 19.1 Å². The molecule has 0 aromatic heterocycles. The van der Waals surface area contributed by atoms with Gasteiger partial charge in [0.05, 0.1) is 7.11 Å². The molecule has 1 N–H and O–H groups in total. The number of rotatable bonds is 2. The average molecular weight is 173 g/mol. The van der Waals surface area contributed by atoms with Crippen LogP contribution in [-0.4, -0.2) is 31.3 Å². The zero-order valence-corrected chi connectivity index (χ0v) is 6.99. The number of alkyl carbamates (subject to hydrolysis) is 1. The zero-order chi connectivity index (χ0) is 9.14. The van der Waals surface area contributed by atoms with Crippen molar-refractivity contribution in [2.24, 2.45) is 0 Å². The molecule has 0 radical (unpaired) electrons. The molecule has 1 saturated heterocycles. The second-order valence-corrected chi connectivity index (χ2v) is 2.50. The third-order valence-corrected chi connectivity index (χ3v) is 1.76. The molecule has 68 valence electrons. The molecule has 12 heavy (non-hydrogen) atoms. The molecule has 5 nitrogen and oxygen atoms in total. The molecular formula is C7H11NO4. The third kappa shape index (κ3) is 1.49. The molecule has 0 spiro atoms. The largest absolute Gasteiger partial charge is 0.467 e. The fraction of sp³-hybridized carbons (Fsp3) is 0.714. The fourth-order valence-electron chi connectivity index (χ4n) is 1.12. The number of hydrogen-bond donors (Lipinski definition) is 1. The highest BCUT2D eigenvalue weighted by Gasteiger charge is 2.38. The van der Waals surface area contributed by atoms with Crippen LogP contribution in [0.2, 0.25) is 0 Å². The van der Waals surface area contributed by atoms with Crippen LogP contribution in [-0.2, 0) is 14.3 Å². The number of methoxy groups -OCH3 is 1. The Morgan fingerprint density at radius 2 is 2.42 bits per heavy atom. The molecule has 0 aromatic rings. The van der Waals surface area contributed by atoms with Crippen molar-refractivity contribution in [2.45, 2.75) is 25.5 Å². The number of cyclic esters (lactones) is 1. The van der Waals surface area contributed by atoms with Gasteiger partial charge in [-0.1, -0.05) is 6.92 Å². The second kappa shape index (κ2) is 3.42. The van der Waals surface area contributed by atoms with E-state index in [1.807, 2.05) is 6.92 Å². The van der Waals surface area contributed by atoms with E-state index in [1.165, 1.54) is 7.11 Å². The van der Waals surface area contributed by atoms with Gasteiger partial charge in [0.2, 0.25) is 0 Å². The lowest BCUT2D eigenvalue weighted by atomic mass is 10.1. The quantitative estimate of drug-likeness (QED) is 0.599. The van der Waals surface area contributed by atoms with Gasteiger partial charge in [-0.25, -0.2) is 9.59 Å². The molecule has 5 heteroatoms. The van der Waals surface area contributed by atoms with Crippen LogP contribution in [0.3, 0.4) is 0 Å². The first-order chi connectivity index (χ1) is 5.69. The second-order valence-electron chi connectivity index (χ2n) is 2.50. The molecule has 1 rings (SSSR count). The highest BCUT2D eigenvalue weighted by molar-refractivity contribution is 5.84. The maximum absolute atomic E-state index is 11.0. The van der Waals surface area contributed by atoms with Crippen LogP contribution >= 0.6 is 0 Å². The molecule has 2 atom stereocenters. The first-order valence-electron chi connectivity index (χ1n) is 3.74. The van der Waals surface area contributed by atoms with Gasteiger partial charge in [-0.2, -0.15) is 0 Å². The Hall–Kier alpha value is -1.26. The molecule has 1 fully saturated rings. The van der Waals surface area contributed by atoms with E-state index in [9.17, 15) is 9.59 Å². The molecule has 1 aliphatic heterocycles. The van der Waals surface area contributed by atoms with Crippen molar-refractivity contribution in [1.29, 1.82) is 0 Å². The Balaban J connectivity index is 2.63. The van der Waals surface area contributed by atoms with Crippen LogP contribution < -0.4 is 5.32 Å². The molecule has 0 aromatic carbocycles. The smallest absolute Gasteiger partial charge is 0.408 e. The molecule has 1 amide bonds. The predicted octanol–water partition coefficient (Wildman–Crippen LogP) is 0.0464. The number of carbonyl (C=O) groups excluding carboxylic acids is 2. The van der Waals surface area contributed by atoms with E-state index < -0.39 is 24.2 Å². The molecule has 0 saturated carbocycles. The van der Waals surface area contributed by atoms with Gasteiger partial charge in [0.15, 0.2) is 6.04 Å². The van der Waals surface area contributed by atoms with E-state index in [4.69, 9.17) is 4.74 Å². The summed E-state index contributed by atoms with van der Waals surface area (Å²) in [4.78, 5) is 21.7. The van der Waals surface area contributed by atoms with E-state index in [-0.39, 0.29) is 0 Å². The highest BCUT2D eigenvalue weighted by atomic mass is 16.6. The van der Waals surface area contributed by atoms with Gasteiger partial charge in [-0.3, -0.25) is 0 Å². The van der Waals surface area contributed by atoms with E-state index in [0.29, 0.717) is 6.42 Å². The maximum Gasteiger partial charge on any atom is 0.408 e. The lowest BCUT2D eigenvalue weighted by Crippen LogP contribution is -2.39. The number of ether oxygens (including phenoxy) is 2. The zero-order valence-electron chi connectivity index (χ0n) is 6.99. The monoisotopic (exact) mass is 173 g/mol. The number of amides is 1. The van der Waals surface area contributed by atoms with Crippen molar-refractivity contribution >= 4 is 12.1 Å². The van der Waals surface area contributed by atoms with Crippen molar-refractivity contribution in [3.8, 4) is 0 Å². The summed E-state index contributed by atoms with van der Waals surface area (Å²) in [6.45, 7) is 1.83. The SMILES string of the molecule is CC[C@@H]1OC(=O)N[C@@H]1C(=O)OC. The van der Waals surface area contributed by atoms with E-state index >= 15 is 0 Å². The first-order valence-corrected chi connectivity index (χ1v) is 3.74. The summed E-state index contributed by atoms with van der Waals surface area (Å²) in [5.74, 6) is -0.465. The average Bonchev–Trinajstić information content (AvgIpc) is 2.45. The summed E-state index contributed by atoms with van der Waals surface area (Å²) in [6.07, 6.45) is -0.361. The van der Waals surface area contributed by atoms with E-state index in [2.05, 4.69) is 10.1 Å². The number of hydrogen-bond acceptors (Lipinski definition) is 4. The van der Waals surface area contributed by atoms with Gasteiger partial charge < -0.3 is 14.8 Å². The molecule has 1 aliphatic rings. The maximum atomic E-state index is 11.0. The number of carbonyl (C=O) groups is 2. The molecule has 0 aliphatic carbocycles. The van der Waals surface area contributed by atoms with E-state index in [1.54, 1.807) is 0 Å². The van der Waals surface area contributed by atoms with Gasteiger partial charge in [0.1, 0.15) is 6.10 Å². The Bertz CT molecular complexity index is 204. The van der Waals surface area contributed by atoms with Crippen LogP contribution in [0.25, 0.3) is 0 Å². The topological polar surface area (TPSA) is 64.6 Å². The van der Waals surface area contributed by atoms with Crippen molar-refractivity contribution in [3.05, 3.63) is 0 Å². The third-order valence-electron chi connectivity index (χ3n) is 1.76. The van der Waals surface area contributed by atoms with Crippen molar-refractivity contribution in [2.75, 3.05) is 7.11 Å². The Morgan fingerprint density at radius 3 is 2.92 bits per heavy atom. The first kappa shape index (κ1) is 8.83. The van der Waals surface area contributed by atoms with E-state index in [0.717, 1.165) is 0 Å². The van der Waals surface area contributed by atoms with Gasteiger partial charge in [0.25, 0.3) is 0 Å². The normalized spacial score (nSPS) is 27.7. The molecule has 0 unspecified atom stereocenters. The van der Waals surface area contributed by atoms with Crippen LogP contribution in [0, 0.1) is 0 Å². The lowest BCUT2D eigenvalue weighted by Gasteiger charge is -2.11. The number of esters is 1. The Labute approximate surface area is 70.0 Å². The van der Waals surface area contributed by atoms with Crippen LogP contribution in [0.15, 0.2) is 0 Å². The van der Waals surface area contributed by atoms with Gasteiger partial charge in [-0.15, -0.1) is 0 Å². The molecule has 1 heterocycles. The van der Waals surface area contributed by atoms with Gasteiger partial charge >= 0.3 is 12.1 Å². The minimum absolute atomic E-state index is 0.398. The lowest BCUT2D eigenvalue weighted by molar-refractivity contribution is -0.144. The summed E-state index contributed by atoms with van der Waals surface area (Å²) < 4.78 is 9.28. The number of nitrogens with one attached hydrogen (secondary N) is 1. The summed E-state index contributed by atoms with van der Waals surface area (Å²) in [6, 6.07) is -0.646. The van der Waals surface area contributed by atoms with Gasteiger partial charge in [0, 0.05) is 0 Å². The molecular weight excluding hydrogens is 162 g/mol. The van der Waals surface area contributed by atoms with Crippen LogP contribution in [0.1, 0.15) is 13.3 Å². The van der Waals surface area contributed by atoms with Crippen molar-refractivity contribution in [3.63, 3.8) is 0 Å². The van der Waals surface area contributed by atoms with Crippen LogP contribution in [0.4, 0.5) is 4.79 Å². The predicted molar refractivity (Wildman–Crippen MR) is 39.5 cm³/mol. The Kier molecular flexibility index (Phi) is 2.52. The van der Waals surface area contributed by atoms with Crippen molar-refractivity contribution in [1.82, 2.24) is 5.32 Å². The summed E-state index contributed by atoms with van der Waals surface area (Å²) in [5.41, 5.74) is 0. The minimum Gasteiger partial charge on any atom is -0.467 e. The summed E-state index contributed by atoms with van der Waals surface area (Å²) in [7, 11) is 1.28. The Morgan fingerprint density at radius 1 is 1.75 bits per heavy atom.